The highest BCUT2D eigenvalue weighted by Gasteiger charge is 2.17. The van der Waals surface area contributed by atoms with Gasteiger partial charge in [0.25, 0.3) is 5.69 Å². The summed E-state index contributed by atoms with van der Waals surface area (Å²) in [7, 11) is -3.81. The molecule has 9 nitrogen and oxygen atoms in total. The summed E-state index contributed by atoms with van der Waals surface area (Å²) in [5.74, 6) is 0.000546. The molecule has 2 aromatic carbocycles. The van der Waals surface area contributed by atoms with Crippen molar-refractivity contribution in [1.82, 2.24) is 19.3 Å². The van der Waals surface area contributed by atoms with Gasteiger partial charge in [-0.1, -0.05) is 12.1 Å². The Morgan fingerprint density at radius 3 is 2.67 bits per heavy atom. The monoisotopic (exact) mass is 447 g/mol. The molecule has 0 atom stereocenters. The van der Waals surface area contributed by atoms with Crippen LogP contribution in [0.2, 0.25) is 0 Å². The Bertz CT molecular complexity index is 1330. The van der Waals surface area contributed by atoms with Crippen molar-refractivity contribution in [3.63, 3.8) is 0 Å². The highest BCUT2D eigenvalue weighted by molar-refractivity contribution is 7.89. The number of nitro groups is 1. The Labute approximate surface area is 174 Å². The van der Waals surface area contributed by atoms with Crippen LogP contribution in [-0.2, 0) is 16.4 Å². The van der Waals surface area contributed by atoms with E-state index < -0.39 is 14.9 Å². The molecule has 2 heterocycles. The molecule has 154 valence electrons. The van der Waals surface area contributed by atoms with E-state index in [-0.39, 0.29) is 22.9 Å². The smallest absolute Gasteiger partial charge is 0.258 e. The molecule has 30 heavy (non-hydrogen) atoms. The summed E-state index contributed by atoms with van der Waals surface area (Å²) in [5.41, 5.74) is 1.11. The molecule has 12 heteroatoms. The highest BCUT2D eigenvalue weighted by Crippen LogP contribution is 2.22. The predicted molar refractivity (Wildman–Crippen MR) is 108 cm³/mol. The van der Waals surface area contributed by atoms with Gasteiger partial charge in [0, 0.05) is 36.0 Å². The summed E-state index contributed by atoms with van der Waals surface area (Å²) in [5, 5.41) is 16.9. The Kier molecular flexibility index (Phi) is 5.28. The number of hydrogen-bond acceptors (Lipinski definition) is 7. The van der Waals surface area contributed by atoms with Crippen molar-refractivity contribution in [2.24, 2.45) is 0 Å². The van der Waals surface area contributed by atoms with Gasteiger partial charge in [0.1, 0.15) is 5.82 Å². The zero-order valence-electron chi connectivity index (χ0n) is 15.2. The molecular formula is C18H14FN5O4S2. The number of benzene rings is 2. The number of non-ortho nitro benzene ring substituents is 1. The van der Waals surface area contributed by atoms with Gasteiger partial charge >= 0.3 is 0 Å². The average Bonchev–Trinajstić information content (AvgIpc) is 3.30. The van der Waals surface area contributed by atoms with Gasteiger partial charge in [0.05, 0.1) is 15.5 Å². The van der Waals surface area contributed by atoms with Gasteiger partial charge in [0.2, 0.25) is 15.0 Å². The zero-order chi connectivity index (χ0) is 21.3. The first-order chi connectivity index (χ1) is 14.3. The third-order valence-corrected chi connectivity index (χ3v) is 6.61. The van der Waals surface area contributed by atoms with Crippen LogP contribution in [0.3, 0.4) is 0 Å². The van der Waals surface area contributed by atoms with Crippen LogP contribution in [0.4, 0.5) is 10.1 Å². The van der Waals surface area contributed by atoms with E-state index in [1.165, 1.54) is 35.6 Å². The average molecular weight is 447 g/mol. The van der Waals surface area contributed by atoms with Crippen LogP contribution in [-0.4, -0.2) is 34.5 Å². The first-order valence-corrected chi connectivity index (χ1v) is 11.0. The van der Waals surface area contributed by atoms with Crippen molar-refractivity contribution >= 4 is 32.0 Å². The number of sulfonamides is 1. The van der Waals surface area contributed by atoms with Gasteiger partial charge < -0.3 is 0 Å². The van der Waals surface area contributed by atoms with Gasteiger partial charge in [0.15, 0.2) is 5.82 Å². The lowest BCUT2D eigenvalue weighted by atomic mass is 10.2. The molecule has 0 unspecified atom stereocenters. The Balaban J connectivity index is 1.46. The highest BCUT2D eigenvalue weighted by atomic mass is 32.2. The predicted octanol–water partition coefficient (Wildman–Crippen LogP) is 3.03. The van der Waals surface area contributed by atoms with Gasteiger partial charge in [-0.05, 0) is 24.3 Å². The second-order valence-electron chi connectivity index (χ2n) is 6.27. The molecule has 2 aromatic heterocycles. The van der Waals surface area contributed by atoms with E-state index in [9.17, 15) is 22.9 Å². The number of hydrogen-bond donors (Lipinski definition) is 1. The third kappa shape index (κ3) is 4.06. The fraction of sp³-hybridized carbons (Fsp3) is 0.111. The van der Waals surface area contributed by atoms with Crippen LogP contribution in [0.5, 0.6) is 0 Å². The van der Waals surface area contributed by atoms with Crippen molar-refractivity contribution < 1.29 is 17.7 Å². The summed E-state index contributed by atoms with van der Waals surface area (Å²) >= 11 is 1.35. The number of nitro benzene ring substituents is 1. The number of halogens is 1. The third-order valence-electron chi connectivity index (χ3n) is 4.26. The Hall–Kier alpha value is -3.22. The van der Waals surface area contributed by atoms with Gasteiger partial charge in [-0.2, -0.15) is 4.98 Å². The molecule has 4 rings (SSSR count). The van der Waals surface area contributed by atoms with Crippen molar-refractivity contribution in [2.45, 2.75) is 11.3 Å². The molecule has 0 aliphatic rings. The van der Waals surface area contributed by atoms with Crippen molar-refractivity contribution in [2.75, 3.05) is 6.54 Å². The molecule has 0 spiro atoms. The zero-order valence-corrected chi connectivity index (χ0v) is 16.9. The maximum atomic E-state index is 13.4. The van der Waals surface area contributed by atoms with E-state index >= 15 is 0 Å². The minimum Gasteiger partial charge on any atom is -0.258 e. The number of nitrogens with one attached hydrogen (secondary N) is 1. The first-order valence-electron chi connectivity index (χ1n) is 8.67. The standard InChI is InChI=1S/C18H14FN5O4S2/c19-13-3-1-2-12(10-13)17-21-18-23(22-17)15(11-29-18)8-9-20-30(27,28)16-6-4-14(5-7-16)24(25)26/h1-7,10-11,20H,8-9H2. The summed E-state index contributed by atoms with van der Waals surface area (Å²) in [6, 6.07) is 10.6. The Morgan fingerprint density at radius 2 is 1.97 bits per heavy atom. The Morgan fingerprint density at radius 1 is 1.20 bits per heavy atom. The largest absolute Gasteiger partial charge is 0.269 e. The van der Waals surface area contributed by atoms with Crippen LogP contribution in [0.25, 0.3) is 16.3 Å². The molecule has 0 bridgehead atoms. The van der Waals surface area contributed by atoms with Crippen LogP contribution in [0, 0.1) is 15.9 Å². The van der Waals surface area contributed by atoms with Crippen molar-refractivity contribution in [3.8, 4) is 11.4 Å². The van der Waals surface area contributed by atoms with E-state index in [1.54, 1.807) is 16.6 Å². The SMILES string of the molecule is O=[N+]([O-])c1ccc(S(=O)(=O)NCCc2csc3nc(-c4cccc(F)c4)nn23)cc1. The number of thiazole rings is 1. The molecule has 0 amide bonds. The van der Waals surface area contributed by atoms with E-state index in [4.69, 9.17) is 0 Å². The number of rotatable bonds is 7. The normalized spacial score (nSPS) is 11.8. The molecule has 0 aliphatic carbocycles. The second kappa shape index (κ2) is 7.89. The van der Waals surface area contributed by atoms with Gasteiger partial charge in [-0.25, -0.2) is 22.0 Å². The topological polar surface area (TPSA) is 120 Å². The molecule has 0 saturated heterocycles. The molecule has 0 radical (unpaired) electrons. The van der Waals surface area contributed by atoms with Gasteiger partial charge in [-0.3, -0.25) is 10.1 Å². The fourth-order valence-corrected chi connectivity index (χ4v) is 4.68. The minimum absolute atomic E-state index is 0.0577. The maximum Gasteiger partial charge on any atom is 0.269 e. The summed E-state index contributed by atoms with van der Waals surface area (Å²) < 4.78 is 42.3. The molecule has 0 fully saturated rings. The molecule has 0 saturated carbocycles. The van der Waals surface area contributed by atoms with Gasteiger partial charge in [-0.15, -0.1) is 16.4 Å². The lowest BCUT2D eigenvalue weighted by Gasteiger charge is -2.06. The van der Waals surface area contributed by atoms with Crippen molar-refractivity contribution in [1.29, 1.82) is 0 Å². The number of aromatic nitrogens is 3. The number of fused-ring (bicyclic) bond motifs is 1. The second-order valence-corrected chi connectivity index (χ2v) is 8.87. The quantitative estimate of drug-likeness (QED) is 0.344. The van der Waals surface area contributed by atoms with E-state index in [1.807, 2.05) is 5.38 Å². The maximum absolute atomic E-state index is 13.4. The minimum atomic E-state index is -3.81. The molecule has 1 N–H and O–H groups in total. The summed E-state index contributed by atoms with van der Waals surface area (Å²) in [4.78, 5) is 15.0. The summed E-state index contributed by atoms with van der Waals surface area (Å²) in [6.45, 7) is 0.0975. The first kappa shape index (κ1) is 20.1. The molecule has 4 aromatic rings. The number of nitrogens with zero attached hydrogens (tertiary/aromatic N) is 4. The molecular weight excluding hydrogens is 433 g/mol. The molecule has 0 aliphatic heterocycles. The van der Waals surface area contributed by atoms with Crippen LogP contribution in [0.15, 0.2) is 58.8 Å². The lowest BCUT2D eigenvalue weighted by molar-refractivity contribution is -0.384. The van der Waals surface area contributed by atoms with E-state index in [2.05, 4.69) is 14.8 Å². The van der Waals surface area contributed by atoms with Crippen LogP contribution in [0.1, 0.15) is 5.69 Å². The van der Waals surface area contributed by atoms with E-state index in [0.717, 1.165) is 17.8 Å². The summed E-state index contributed by atoms with van der Waals surface area (Å²) in [6.07, 6.45) is 0.345. The lowest BCUT2D eigenvalue weighted by Crippen LogP contribution is -2.26. The van der Waals surface area contributed by atoms with Crippen molar-refractivity contribution in [3.05, 3.63) is 75.5 Å². The van der Waals surface area contributed by atoms with Crippen LogP contribution < -0.4 is 4.72 Å². The van der Waals surface area contributed by atoms with Crippen LogP contribution >= 0.6 is 11.3 Å². The fourth-order valence-electron chi connectivity index (χ4n) is 2.79. The van der Waals surface area contributed by atoms with E-state index in [0.29, 0.717) is 22.8 Å².